The number of benzene rings is 2. The first-order valence-corrected chi connectivity index (χ1v) is 10.8. The molecule has 2 aromatic carbocycles. The smallest absolute Gasteiger partial charge is 0.311 e. The van der Waals surface area contributed by atoms with Crippen molar-refractivity contribution in [1.82, 2.24) is 21.3 Å². The summed E-state index contributed by atoms with van der Waals surface area (Å²) in [4.78, 5) is 60.4. The molecule has 10 nitrogen and oxygen atoms in total. The van der Waals surface area contributed by atoms with Crippen molar-refractivity contribution in [2.24, 2.45) is 5.92 Å². The maximum absolute atomic E-state index is 12.3. The number of hydrazine groups is 2. The highest BCUT2D eigenvalue weighted by Crippen LogP contribution is 2.18. The number of halogens is 2. The Bertz CT molecular complexity index is 1080. The molecule has 0 bridgehead atoms. The van der Waals surface area contributed by atoms with Crippen molar-refractivity contribution in [3.8, 4) is 0 Å². The average molecular weight is 538 g/mol. The molecule has 3 N–H and O–H groups in total. The predicted octanol–water partition coefficient (Wildman–Crippen LogP) is 1.60. The van der Waals surface area contributed by atoms with Gasteiger partial charge in [0.1, 0.15) is 0 Å². The van der Waals surface area contributed by atoms with Crippen LogP contribution >= 0.6 is 27.5 Å². The Balaban J connectivity index is 1.42. The van der Waals surface area contributed by atoms with E-state index >= 15 is 0 Å². The highest BCUT2D eigenvalue weighted by molar-refractivity contribution is 9.10. The standard InChI is InChI=1S/C21H18BrClN4O6/c22-15-5-1-13(2-6-15)20(31)26-27-10-14(9-18(27)29)21(32)33-11-17(28)24-25-19(30)12-3-7-16(23)8-4-12/h1-8,14H,9-11H2,(H,24,28)(H,25,30)(H,26,31)/t14-/m0/s1. The fraction of sp³-hybridized carbons (Fsp3) is 0.190. The average Bonchev–Trinajstić information content (AvgIpc) is 3.16. The van der Waals surface area contributed by atoms with Crippen LogP contribution in [0.5, 0.6) is 0 Å². The Labute approximate surface area is 201 Å². The molecule has 3 rings (SSSR count). The second kappa shape index (κ2) is 10.9. The van der Waals surface area contributed by atoms with Crippen molar-refractivity contribution >= 4 is 57.1 Å². The van der Waals surface area contributed by atoms with E-state index in [1.807, 2.05) is 0 Å². The van der Waals surface area contributed by atoms with E-state index in [2.05, 4.69) is 32.2 Å². The summed E-state index contributed by atoms with van der Waals surface area (Å²) in [6, 6.07) is 12.5. The van der Waals surface area contributed by atoms with Crippen LogP contribution in [0.25, 0.3) is 0 Å². The van der Waals surface area contributed by atoms with Crippen LogP contribution in [0.15, 0.2) is 53.0 Å². The number of carbonyl (C=O) groups excluding carboxylic acids is 5. The molecule has 0 radical (unpaired) electrons. The zero-order chi connectivity index (χ0) is 24.0. The fourth-order valence-corrected chi connectivity index (χ4v) is 3.24. The molecule has 0 saturated carbocycles. The van der Waals surface area contributed by atoms with Crippen molar-refractivity contribution in [2.75, 3.05) is 13.2 Å². The van der Waals surface area contributed by atoms with Gasteiger partial charge in [0, 0.05) is 27.0 Å². The van der Waals surface area contributed by atoms with E-state index in [4.69, 9.17) is 16.3 Å². The first-order chi connectivity index (χ1) is 15.7. The van der Waals surface area contributed by atoms with Gasteiger partial charge in [-0.1, -0.05) is 27.5 Å². The highest BCUT2D eigenvalue weighted by Gasteiger charge is 2.36. The number of amides is 4. The Hall–Kier alpha value is -3.44. The third-order valence-electron chi connectivity index (χ3n) is 4.57. The van der Waals surface area contributed by atoms with Crippen LogP contribution in [0.2, 0.25) is 5.02 Å². The highest BCUT2D eigenvalue weighted by atomic mass is 79.9. The lowest BCUT2D eigenvalue weighted by molar-refractivity contribution is -0.152. The molecule has 0 aromatic heterocycles. The van der Waals surface area contributed by atoms with Gasteiger partial charge in [0.25, 0.3) is 17.7 Å². The number of hydrogen-bond donors (Lipinski definition) is 3. The Morgan fingerprint density at radius 1 is 0.970 bits per heavy atom. The third kappa shape index (κ3) is 6.77. The minimum atomic E-state index is -0.848. The zero-order valence-corrected chi connectivity index (χ0v) is 19.3. The minimum absolute atomic E-state index is 0.0884. The van der Waals surface area contributed by atoms with Crippen LogP contribution in [0, 0.1) is 5.92 Å². The molecule has 4 amide bonds. The number of rotatable bonds is 6. The van der Waals surface area contributed by atoms with Gasteiger partial charge >= 0.3 is 5.97 Å². The molecular formula is C21H18BrClN4O6. The molecule has 172 valence electrons. The van der Waals surface area contributed by atoms with Crippen LogP contribution < -0.4 is 16.3 Å². The topological polar surface area (TPSA) is 134 Å². The van der Waals surface area contributed by atoms with Crippen molar-refractivity contribution in [3.05, 3.63) is 69.2 Å². The first-order valence-electron chi connectivity index (χ1n) is 9.61. The summed E-state index contributed by atoms with van der Waals surface area (Å²) in [7, 11) is 0. The van der Waals surface area contributed by atoms with E-state index < -0.39 is 42.1 Å². The Kier molecular flexibility index (Phi) is 8.01. The van der Waals surface area contributed by atoms with E-state index in [0.29, 0.717) is 10.6 Å². The summed E-state index contributed by atoms with van der Waals surface area (Å²) in [6.07, 6.45) is -0.172. The second-order valence-electron chi connectivity index (χ2n) is 6.97. The lowest BCUT2D eigenvalue weighted by Gasteiger charge is -2.17. The molecule has 1 heterocycles. The minimum Gasteiger partial charge on any atom is -0.455 e. The summed E-state index contributed by atoms with van der Waals surface area (Å²) >= 11 is 9.02. The molecule has 12 heteroatoms. The van der Waals surface area contributed by atoms with Crippen LogP contribution in [0.1, 0.15) is 27.1 Å². The van der Waals surface area contributed by atoms with Gasteiger partial charge < -0.3 is 4.74 Å². The molecule has 0 unspecified atom stereocenters. The van der Waals surface area contributed by atoms with E-state index in [1.54, 1.807) is 24.3 Å². The number of nitrogens with zero attached hydrogens (tertiary/aromatic N) is 1. The van der Waals surface area contributed by atoms with Crippen molar-refractivity contribution in [3.63, 3.8) is 0 Å². The molecule has 1 saturated heterocycles. The number of carbonyl (C=O) groups is 5. The number of nitrogens with one attached hydrogen (secondary N) is 3. The number of hydrogen-bond acceptors (Lipinski definition) is 6. The Morgan fingerprint density at radius 2 is 1.58 bits per heavy atom. The van der Waals surface area contributed by atoms with Gasteiger partial charge in [-0.3, -0.25) is 45.3 Å². The fourth-order valence-electron chi connectivity index (χ4n) is 2.85. The van der Waals surface area contributed by atoms with Crippen LogP contribution in [0.3, 0.4) is 0 Å². The number of esters is 1. The SMILES string of the molecule is O=C(COC(=O)[C@H]1CC(=O)N(NC(=O)c2ccc(Br)cc2)C1)NNC(=O)c1ccc(Cl)cc1. The molecule has 33 heavy (non-hydrogen) atoms. The summed E-state index contributed by atoms with van der Waals surface area (Å²) < 4.78 is 5.72. The lowest BCUT2D eigenvalue weighted by atomic mass is 10.1. The second-order valence-corrected chi connectivity index (χ2v) is 8.32. The van der Waals surface area contributed by atoms with Crippen LogP contribution in [0.4, 0.5) is 0 Å². The van der Waals surface area contributed by atoms with Crippen molar-refractivity contribution < 1.29 is 28.7 Å². The molecule has 0 spiro atoms. The third-order valence-corrected chi connectivity index (χ3v) is 5.35. The summed E-state index contributed by atoms with van der Waals surface area (Å²) in [5.74, 6) is -3.93. The molecule has 1 aliphatic rings. The molecule has 0 aliphatic carbocycles. The Morgan fingerprint density at radius 3 is 2.24 bits per heavy atom. The van der Waals surface area contributed by atoms with Gasteiger partial charge in [-0.15, -0.1) is 0 Å². The zero-order valence-electron chi connectivity index (χ0n) is 17.0. The van der Waals surface area contributed by atoms with E-state index in [-0.39, 0.29) is 18.5 Å². The maximum Gasteiger partial charge on any atom is 0.311 e. The molecule has 1 fully saturated rings. The molecule has 1 aliphatic heterocycles. The van der Waals surface area contributed by atoms with Gasteiger partial charge in [0.15, 0.2) is 6.61 Å². The monoisotopic (exact) mass is 536 g/mol. The largest absolute Gasteiger partial charge is 0.455 e. The van der Waals surface area contributed by atoms with Gasteiger partial charge in [-0.05, 0) is 48.5 Å². The first kappa shape index (κ1) is 24.2. The van der Waals surface area contributed by atoms with Crippen molar-refractivity contribution in [1.29, 1.82) is 0 Å². The normalized spacial score (nSPS) is 15.0. The molecule has 1 atom stereocenters. The van der Waals surface area contributed by atoms with Crippen molar-refractivity contribution in [2.45, 2.75) is 6.42 Å². The van der Waals surface area contributed by atoms with Crippen LogP contribution in [-0.4, -0.2) is 47.8 Å². The summed E-state index contributed by atoms with van der Waals surface area (Å²) in [6.45, 7) is -0.746. The summed E-state index contributed by atoms with van der Waals surface area (Å²) in [5.41, 5.74) is 7.37. The van der Waals surface area contributed by atoms with E-state index in [0.717, 1.165) is 9.48 Å². The van der Waals surface area contributed by atoms with E-state index in [9.17, 15) is 24.0 Å². The van der Waals surface area contributed by atoms with Gasteiger partial charge in [-0.2, -0.15) is 0 Å². The van der Waals surface area contributed by atoms with Gasteiger partial charge in [-0.25, -0.2) is 0 Å². The predicted molar refractivity (Wildman–Crippen MR) is 119 cm³/mol. The van der Waals surface area contributed by atoms with Gasteiger partial charge in [0.2, 0.25) is 5.91 Å². The number of ether oxygens (including phenoxy) is 1. The quantitative estimate of drug-likeness (QED) is 0.379. The molecular weight excluding hydrogens is 520 g/mol. The maximum atomic E-state index is 12.3. The van der Waals surface area contributed by atoms with Crippen LogP contribution in [-0.2, 0) is 19.1 Å². The van der Waals surface area contributed by atoms with Gasteiger partial charge in [0.05, 0.1) is 12.5 Å². The molecule has 2 aromatic rings. The summed E-state index contributed by atoms with van der Waals surface area (Å²) in [5, 5.41) is 1.50. The lowest BCUT2D eigenvalue weighted by Crippen LogP contribution is -2.44. The van der Waals surface area contributed by atoms with E-state index in [1.165, 1.54) is 24.3 Å².